The number of hydrogen-bond acceptors (Lipinski definition) is 4. The molecule has 0 fully saturated rings. The number of anilines is 1. The van der Waals surface area contributed by atoms with Crippen molar-refractivity contribution in [1.82, 2.24) is 10.2 Å². The number of allylic oxidation sites excluding steroid dienone is 1. The molecule has 0 aromatic heterocycles. The van der Waals surface area contributed by atoms with Crippen LogP contribution in [0.4, 0.5) is 10.5 Å². The number of urea groups is 1. The second-order valence-corrected chi connectivity index (χ2v) is 8.44. The standard InChI is InChI=1S/C26H39N3O4/c1-5-8-10-11-12-13-22(30)27-21-16-14-20(15-17-21)24-23(25(31)33-7-3)19(4)29(18-9-6-2)26(32)28-24/h14-17,24H,5-13,18H2,1-4H3,(H,27,30)(H,28,32). The van der Waals surface area contributed by atoms with Crippen LogP contribution in [0.5, 0.6) is 0 Å². The molecule has 7 heteroatoms. The lowest BCUT2D eigenvalue weighted by Gasteiger charge is -2.35. The van der Waals surface area contributed by atoms with E-state index >= 15 is 0 Å². The van der Waals surface area contributed by atoms with Gasteiger partial charge in [0.2, 0.25) is 5.91 Å². The Hall–Kier alpha value is -2.83. The molecular formula is C26H39N3O4. The zero-order chi connectivity index (χ0) is 24.2. The molecular weight excluding hydrogens is 418 g/mol. The summed E-state index contributed by atoms with van der Waals surface area (Å²) >= 11 is 0. The van der Waals surface area contributed by atoms with Crippen molar-refractivity contribution < 1.29 is 19.1 Å². The third-order valence-corrected chi connectivity index (χ3v) is 5.86. The van der Waals surface area contributed by atoms with Crippen LogP contribution < -0.4 is 10.6 Å². The van der Waals surface area contributed by atoms with Gasteiger partial charge >= 0.3 is 12.0 Å². The van der Waals surface area contributed by atoms with Crippen molar-refractivity contribution in [3.8, 4) is 0 Å². The highest BCUT2D eigenvalue weighted by molar-refractivity contribution is 5.95. The van der Waals surface area contributed by atoms with Gasteiger partial charge in [-0.05, 0) is 44.4 Å². The highest BCUT2D eigenvalue weighted by Gasteiger charge is 2.36. The van der Waals surface area contributed by atoms with Gasteiger partial charge in [-0.3, -0.25) is 9.69 Å². The van der Waals surface area contributed by atoms with Crippen molar-refractivity contribution in [3.05, 3.63) is 41.1 Å². The monoisotopic (exact) mass is 457 g/mol. The first-order valence-electron chi connectivity index (χ1n) is 12.3. The van der Waals surface area contributed by atoms with Crippen molar-refractivity contribution in [2.45, 2.75) is 85.1 Å². The Bertz CT molecular complexity index is 832. The smallest absolute Gasteiger partial charge is 0.338 e. The number of carbonyl (C=O) groups excluding carboxylic acids is 3. The van der Waals surface area contributed by atoms with Crippen LogP contribution in [0.1, 0.15) is 90.7 Å². The minimum absolute atomic E-state index is 0.000244. The van der Waals surface area contributed by atoms with Gasteiger partial charge < -0.3 is 15.4 Å². The number of ether oxygens (including phenoxy) is 1. The predicted molar refractivity (Wildman–Crippen MR) is 131 cm³/mol. The lowest BCUT2D eigenvalue weighted by molar-refractivity contribution is -0.139. The van der Waals surface area contributed by atoms with Crippen molar-refractivity contribution in [1.29, 1.82) is 0 Å². The molecule has 1 atom stereocenters. The molecule has 0 saturated carbocycles. The largest absolute Gasteiger partial charge is 0.463 e. The third-order valence-electron chi connectivity index (χ3n) is 5.86. The van der Waals surface area contributed by atoms with Crippen LogP contribution >= 0.6 is 0 Å². The van der Waals surface area contributed by atoms with E-state index in [0.717, 1.165) is 37.7 Å². The summed E-state index contributed by atoms with van der Waals surface area (Å²) in [7, 11) is 0. The molecule has 0 saturated heterocycles. The minimum Gasteiger partial charge on any atom is -0.463 e. The number of esters is 1. The lowest BCUT2D eigenvalue weighted by atomic mass is 9.94. The molecule has 0 aliphatic carbocycles. The molecule has 1 unspecified atom stereocenters. The molecule has 182 valence electrons. The Morgan fingerprint density at radius 2 is 1.67 bits per heavy atom. The van der Waals surface area contributed by atoms with E-state index in [0.29, 0.717) is 29.9 Å². The van der Waals surface area contributed by atoms with Gasteiger partial charge in [-0.2, -0.15) is 0 Å². The van der Waals surface area contributed by atoms with E-state index in [2.05, 4.69) is 24.5 Å². The molecule has 1 heterocycles. The summed E-state index contributed by atoms with van der Waals surface area (Å²) in [6.07, 6.45) is 7.81. The quantitative estimate of drug-likeness (QED) is 0.294. The number of nitrogens with zero attached hydrogens (tertiary/aromatic N) is 1. The Labute approximate surface area is 197 Å². The van der Waals surface area contributed by atoms with Gasteiger partial charge in [0.05, 0.1) is 18.2 Å². The summed E-state index contributed by atoms with van der Waals surface area (Å²) in [6.45, 7) is 8.60. The Morgan fingerprint density at radius 1 is 1.00 bits per heavy atom. The van der Waals surface area contributed by atoms with Crippen LogP contribution in [0.25, 0.3) is 0 Å². The van der Waals surface area contributed by atoms with Gasteiger partial charge in [-0.15, -0.1) is 0 Å². The SMILES string of the molecule is CCCCCCCC(=O)Nc1ccc(C2NC(=O)N(CCCC)C(C)=C2C(=O)OCC)cc1. The molecule has 2 rings (SSSR count). The van der Waals surface area contributed by atoms with E-state index in [-0.39, 0.29) is 18.5 Å². The maximum atomic E-state index is 12.8. The molecule has 1 aromatic carbocycles. The summed E-state index contributed by atoms with van der Waals surface area (Å²) in [5.74, 6) is -0.429. The predicted octanol–water partition coefficient (Wildman–Crippen LogP) is 5.69. The van der Waals surface area contributed by atoms with E-state index in [1.54, 1.807) is 30.9 Å². The van der Waals surface area contributed by atoms with Crippen molar-refractivity contribution >= 4 is 23.6 Å². The minimum atomic E-state index is -0.599. The highest BCUT2D eigenvalue weighted by Crippen LogP contribution is 2.32. The van der Waals surface area contributed by atoms with Crippen LogP contribution in [0, 0.1) is 0 Å². The Balaban J connectivity index is 2.13. The van der Waals surface area contributed by atoms with Gasteiger partial charge in [0.15, 0.2) is 0 Å². The number of benzene rings is 1. The first kappa shape index (κ1) is 26.4. The van der Waals surface area contributed by atoms with E-state index in [1.807, 2.05) is 12.1 Å². The zero-order valence-corrected chi connectivity index (χ0v) is 20.5. The average molecular weight is 458 g/mol. The molecule has 7 nitrogen and oxygen atoms in total. The van der Waals surface area contributed by atoms with E-state index in [9.17, 15) is 14.4 Å². The van der Waals surface area contributed by atoms with Crippen molar-refractivity contribution in [2.75, 3.05) is 18.5 Å². The molecule has 0 bridgehead atoms. The van der Waals surface area contributed by atoms with Crippen LogP contribution in [0.15, 0.2) is 35.5 Å². The molecule has 2 N–H and O–H groups in total. The number of nitrogens with one attached hydrogen (secondary N) is 2. The summed E-state index contributed by atoms with van der Waals surface area (Å²) in [5.41, 5.74) is 2.52. The number of hydrogen-bond donors (Lipinski definition) is 2. The average Bonchev–Trinajstić information content (AvgIpc) is 2.79. The first-order valence-corrected chi connectivity index (χ1v) is 12.3. The summed E-state index contributed by atoms with van der Waals surface area (Å²) in [5, 5.41) is 5.88. The second kappa shape index (κ2) is 13.7. The van der Waals surface area contributed by atoms with Crippen LogP contribution in [-0.2, 0) is 14.3 Å². The zero-order valence-electron chi connectivity index (χ0n) is 20.5. The molecule has 0 spiro atoms. The highest BCUT2D eigenvalue weighted by atomic mass is 16.5. The van der Waals surface area contributed by atoms with Gasteiger partial charge in [-0.25, -0.2) is 9.59 Å². The normalized spacial score (nSPS) is 15.9. The number of unbranched alkanes of at least 4 members (excludes halogenated alkanes) is 5. The van der Waals surface area contributed by atoms with Crippen molar-refractivity contribution in [2.24, 2.45) is 0 Å². The van der Waals surface area contributed by atoms with Crippen LogP contribution in [0.2, 0.25) is 0 Å². The maximum Gasteiger partial charge on any atom is 0.338 e. The Morgan fingerprint density at radius 3 is 2.30 bits per heavy atom. The van der Waals surface area contributed by atoms with Gasteiger partial charge in [0, 0.05) is 24.4 Å². The molecule has 1 aliphatic heterocycles. The summed E-state index contributed by atoms with van der Waals surface area (Å²) in [6, 6.07) is 6.44. The van der Waals surface area contributed by atoms with E-state index < -0.39 is 12.0 Å². The van der Waals surface area contributed by atoms with Gasteiger partial charge in [0.25, 0.3) is 0 Å². The fourth-order valence-electron chi connectivity index (χ4n) is 3.96. The molecule has 0 radical (unpaired) electrons. The summed E-state index contributed by atoms with van der Waals surface area (Å²) in [4.78, 5) is 39.4. The third kappa shape index (κ3) is 7.62. The summed E-state index contributed by atoms with van der Waals surface area (Å²) < 4.78 is 5.30. The van der Waals surface area contributed by atoms with Gasteiger partial charge in [0.1, 0.15) is 0 Å². The van der Waals surface area contributed by atoms with E-state index in [4.69, 9.17) is 4.74 Å². The second-order valence-electron chi connectivity index (χ2n) is 8.44. The fourth-order valence-corrected chi connectivity index (χ4v) is 3.96. The number of amides is 3. The first-order chi connectivity index (χ1) is 15.9. The molecule has 33 heavy (non-hydrogen) atoms. The van der Waals surface area contributed by atoms with Crippen LogP contribution in [0.3, 0.4) is 0 Å². The molecule has 1 aliphatic rings. The lowest BCUT2D eigenvalue weighted by Crippen LogP contribution is -2.48. The fraction of sp³-hybridized carbons (Fsp3) is 0.577. The van der Waals surface area contributed by atoms with E-state index in [1.165, 1.54) is 12.8 Å². The van der Waals surface area contributed by atoms with Crippen LogP contribution in [-0.4, -0.2) is 36.0 Å². The molecule has 3 amide bonds. The molecule has 1 aromatic rings. The van der Waals surface area contributed by atoms with Crippen molar-refractivity contribution in [3.63, 3.8) is 0 Å². The number of rotatable bonds is 13. The topological polar surface area (TPSA) is 87.7 Å². The maximum absolute atomic E-state index is 12.8. The van der Waals surface area contributed by atoms with Gasteiger partial charge in [-0.1, -0.05) is 58.1 Å². The Kier molecular flexibility index (Phi) is 10.9. The number of carbonyl (C=O) groups is 3.